The Morgan fingerprint density at radius 1 is 1.25 bits per heavy atom. The summed E-state index contributed by atoms with van der Waals surface area (Å²) in [6.07, 6.45) is 0. The molecule has 0 amide bonds. The third-order valence-corrected chi connectivity index (χ3v) is 2.53. The Labute approximate surface area is 97.9 Å². The minimum atomic E-state index is 0.482. The molecule has 0 aromatic heterocycles. The zero-order valence-corrected chi connectivity index (χ0v) is 10.3. The van der Waals surface area contributed by atoms with Crippen LogP contribution in [0, 0.1) is 5.92 Å². The smallest absolute Gasteiger partial charge is 0.118 e. The molecule has 1 aromatic rings. The molecule has 0 bridgehead atoms. The molecule has 88 valence electrons. The molecule has 0 saturated carbocycles. The highest BCUT2D eigenvalue weighted by molar-refractivity contribution is 5.26. The molecule has 2 heteroatoms. The quantitative estimate of drug-likeness (QED) is 0.684. The summed E-state index contributed by atoms with van der Waals surface area (Å²) in [7, 11) is 1.66. The summed E-state index contributed by atoms with van der Waals surface area (Å²) in [4.78, 5) is 0. The molecule has 0 heterocycles. The molecular formula is C14H20O2. The highest BCUT2D eigenvalue weighted by Gasteiger charge is 2.00. The van der Waals surface area contributed by atoms with E-state index in [0.717, 1.165) is 16.9 Å². The van der Waals surface area contributed by atoms with Gasteiger partial charge in [0.2, 0.25) is 0 Å². The van der Waals surface area contributed by atoms with Crippen LogP contribution in [0.15, 0.2) is 36.4 Å². The van der Waals surface area contributed by atoms with Gasteiger partial charge in [0.15, 0.2) is 0 Å². The summed E-state index contributed by atoms with van der Waals surface area (Å²) in [6, 6.07) is 7.90. The molecule has 0 saturated heterocycles. The maximum atomic E-state index is 5.58. The Balaban J connectivity index is 2.34. The highest BCUT2D eigenvalue weighted by atomic mass is 16.5. The van der Waals surface area contributed by atoms with E-state index in [9.17, 15) is 0 Å². The van der Waals surface area contributed by atoms with Gasteiger partial charge in [-0.1, -0.05) is 32.6 Å². The average molecular weight is 220 g/mol. The monoisotopic (exact) mass is 220 g/mol. The lowest BCUT2D eigenvalue weighted by atomic mass is 10.1. The zero-order chi connectivity index (χ0) is 12.0. The molecule has 0 radical (unpaired) electrons. The Morgan fingerprint density at radius 3 is 2.38 bits per heavy atom. The fraction of sp³-hybridized carbons (Fsp3) is 0.429. The fourth-order valence-electron chi connectivity index (χ4n) is 1.19. The molecule has 0 unspecified atom stereocenters. The summed E-state index contributed by atoms with van der Waals surface area (Å²) in [6.45, 7) is 9.47. The Kier molecular flexibility index (Phi) is 5.06. The normalized spacial score (nSPS) is 10.5. The topological polar surface area (TPSA) is 18.5 Å². The number of methoxy groups -OCH3 is 1. The van der Waals surface area contributed by atoms with Crippen LogP contribution in [0.3, 0.4) is 0 Å². The molecule has 16 heavy (non-hydrogen) atoms. The Hall–Kier alpha value is -1.28. The van der Waals surface area contributed by atoms with Crippen molar-refractivity contribution in [1.82, 2.24) is 0 Å². The summed E-state index contributed by atoms with van der Waals surface area (Å²) >= 11 is 0. The molecule has 0 atom stereocenters. The first kappa shape index (κ1) is 12.8. The van der Waals surface area contributed by atoms with Crippen LogP contribution in [0.5, 0.6) is 5.75 Å². The highest BCUT2D eigenvalue weighted by Crippen LogP contribution is 2.13. The lowest BCUT2D eigenvalue weighted by Crippen LogP contribution is -2.02. The van der Waals surface area contributed by atoms with Gasteiger partial charge in [-0.25, -0.2) is 0 Å². The minimum Gasteiger partial charge on any atom is -0.497 e. The molecule has 0 fully saturated rings. The first-order valence-corrected chi connectivity index (χ1v) is 5.52. The van der Waals surface area contributed by atoms with Crippen molar-refractivity contribution < 1.29 is 9.47 Å². The van der Waals surface area contributed by atoms with E-state index in [1.807, 2.05) is 24.3 Å². The summed E-state index contributed by atoms with van der Waals surface area (Å²) in [5.41, 5.74) is 2.28. The van der Waals surface area contributed by atoms with Crippen molar-refractivity contribution in [2.45, 2.75) is 20.5 Å². The van der Waals surface area contributed by atoms with Crippen LogP contribution in [-0.4, -0.2) is 13.7 Å². The summed E-state index contributed by atoms with van der Waals surface area (Å²) in [5, 5.41) is 0. The van der Waals surface area contributed by atoms with E-state index in [1.165, 1.54) is 0 Å². The van der Waals surface area contributed by atoms with Crippen LogP contribution >= 0.6 is 0 Å². The number of benzene rings is 1. The largest absolute Gasteiger partial charge is 0.497 e. The van der Waals surface area contributed by atoms with E-state index < -0.39 is 0 Å². The fourth-order valence-corrected chi connectivity index (χ4v) is 1.19. The van der Waals surface area contributed by atoms with Crippen molar-refractivity contribution in [3.63, 3.8) is 0 Å². The Morgan fingerprint density at radius 2 is 1.88 bits per heavy atom. The van der Waals surface area contributed by atoms with Gasteiger partial charge in [0.05, 0.1) is 20.3 Å². The third-order valence-electron chi connectivity index (χ3n) is 2.53. The van der Waals surface area contributed by atoms with Crippen molar-refractivity contribution in [3.8, 4) is 5.75 Å². The summed E-state index contributed by atoms with van der Waals surface area (Å²) in [5.74, 6) is 1.35. The lowest BCUT2D eigenvalue weighted by molar-refractivity contribution is 0.138. The van der Waals surface area contributed by atoms with Crippen molar-refractivity contribution >= 4 is 0 Å². The molecular weight excluding hydrogens is 200 g/mol. The van der Waals surface area contributed by atoms with Gasteiger partial charge < -0.3 is 9.47 Å². The lowest BCUT2D eigenvalue weighted by Gasteiger charge is -2.10. The van der Waals surface area contributed by atoms with Crippen LogP contribution in [-0.2, 0) is 11.3 Å². The predicted octanol–water partition coefficient (Wildman–Crippen LogP) is 3.42. The van der Waals surface area contributed by atoms with E-state index in [-0.39, 0.29) is 0 Å². The number of rotatable bonds is 6. The van der Waals surface area contributed by atoms with Gasteiger partial charge in [0.25, 0.3) is 0 Å². The standard InChI is InChI=1S/C14H20O2/c1-11(2)12(3)9-16-10-13-5-7-14(15-4)8-6-13/h5-8,11H,3,9-10H2,1-2,4H3. The zero-order valence-electron chi connectivity index (χ0n) is 10.3. The van der Waals surface area contributed by atoms with E-state index in [1.54, 1.807) is 7.11 Å². The molecule has 0 aliphatic carbocycles. The van der Waals surface area contributed by atoms with Gasteiger partial charge >= 0.3 is 0 Å². The van der Waals surface area contributed by atoms with Crippen LogP contribution in [0.2, 0.25) is 0 Å². The van der Waals surface area contributed by atoms with E-state index in [2.05, 4.69) is 20.4 Å². The van der Waals surface area contributed by atoms with E-state index in [0.29, 0.717) is 19.1 Å². The molecule has 0 N–H and O–H groups in total. The molecule has 2 nitrogen and oxygen atoms in total. The summed E-state index contributed by atoms with van der Waals surface area (Å²) < 4.78 is 10.7. The molecule has 0 spiro atoms. The second-order valence-electron chi connectivity index (χ2n) is 4.15. The van der Waals surface area contributed by atoms with Crippen molar-refractivity contribution in [3.05, 3.63) is 42.0 Å². The van der Waals surface area contributed by atoms with Crippen LogP contribution in [0.1, 0.15) is 19.4 Å². The second kappa shape index (κ2) is 6.33. The number of hydrogen-bond donors (Lipinski definition) is 0. The maximum absolute atomic E-state index is 5.58. The van der Waals surface area contributed by atoms with Crippen LogP contribution in [0.4, 0.5) is 0 Å². The van der Waals surface area contributed by atoms with Crippen LogP contribution in [0.25, 0.3) is 0 Å². The first-order chi connectivity index (χ1) is 7.63. The van der Waals surface area contributed by atoms with Gasteiger partial charge in [0.1, 0.15) is 5.75 Å². The molecule has 1 rings (SSSR count). The Bertz CT molecular complexity index is 325. The minimum absolute atomic E-state index is 0.482. The second-order valence-corrected chi connectivity index (χ2v) is 4.15. The van der Waals surface area contributed by atoms with Crippen molar-refractivity contribution in [2.75, 3.05) is 13.7 Å². The van der Waals surface area contributed by atoms with E-state index in [4.69, 9.17) is 9.47 Å². The van der Waals surface area contributed by atoms with Gasteiger partial charge in [-0.3, -0.25) is 0 Å². The number of hydrogen-bond acceptors (Lipinski definition) is 2. The molecule has 0 aliphatic heterocycles. The van der Waals surface area contributed by atoms with Crippen LogP contribution < -0.4 is 4.74 Å². The predicted molar refractivity (Wildman–Crippen MR) is 66.6 cm³/mol. The number of ether oxygens (including phenoxy) is 2. The average Bonchev–Trinajstić information content (AvgIpc) is 2.29. The van der Waals surface area contributed by atoms with Gasteiger partial charge in [0, 0.05) is 0 Å². The molecule has 1 aromatic carbocycles. The van der Waals surface area contributed by atoms with Gasteiger partial charge in [-0.2, -0.15) is 0 Å². The maximum Gasteiger partial charge on any atom is 0.118 e. The van der Waals surface area contributed by atoms with Crippen molar-refractivity contribution in [2.24, 2.45) is 5.92 Å². The van der Waals surface area contributed by atoms with Gasteiger partial charge in [-0.05, 0) is 29.2 Å². The van der Waals surface area contributed by atoms with E-state index >= 15 is 0 Å². The van der Waals surface area contributed by atoms with Crippen molar-refractivity contribution in [1.29, 1.82) is 0 Å². The third kappa shape index (κ3) is 4.07. The SMILES string of the molecule is C=C(COCc1ccc(OC)cc1)C(C)C. The van der Waals surface area contributed by atoms with Gasteiger partial charge in [-0.15, -0.1) is 0 Å². The first-order valence-electron chi connectivity index (χ1n) is 5.52. The molecule has 0 aliphatic rings.